The lowest BCUT2D eigenvalue weighted by atomic mass is 9.96. The average Bonchev–Trinajstić information content (AvgIpc) is 3.08. The van der Waals surface area contributed by atoms with Gasteiger partial charge in [-0.1, -0.05) is 12.1 Å². The quantitative estimate of drug-likeness (QED) is 0.652. The largest absolute Gasteiger partial charge is 0.372 e. The molecule has 1 aromatic carbocycles. The fourth-order valence-electron chi connectivity index (χ4n) is 2.86. The SMILES string of the molecule is CNc1cc(C(=O)c2cc(C#N)ccc2-c2ccc(CCN)cn2)n(C)n1. The van der Waals surface area contributed by atoms with Gasteiger partial charge < -0.3 is 11.1 Å². The zero-order chi connectivity index (χ0) is 19.4. The van der Waals surface area contributed by atoms with Gasteiger partial charge in [0.1, 0.15) is 11.5 Å². The van der Waals surface area contributed by atoms with E-state index in [2.05, 4.69) is 21.5 Å². The van der Waals surface area contributed by atoms with Crippen molar-refractivity contribution in [2.75, 3.05) is 18.9 Å². The number of nitrogens with one attached hydrogen (secondary N) is 1. The van der Waals surface area contributed by atoms with Gasteiger partial charge in [-0.05, 0) is 36.7 Å². The molecule has 2 heterocycles. The first kappa shape index (κ1) is 18.3. The molecule has 7 heteroatoms. The number of carbonyl (C=O) groups excluding carboxylic acids is 1. The van der Waals surface area contributed by atoms with Crippen LogP contribution in [-0.4, -0.2) is 34.1 Å². The van der Waals surface area contributed by atoms with Crippen LogP contribution in [0.3, 0.4) is 0 Å². The summed E-state index contributed by atoms with van der Waals surface area (Å²) < 4.78 is 1.52. The Labute approximate surface area is 157 Å². The second kappa shape index (κ2) is 7.81. The molecule has 0 radical (unpaired) electrons. The smallest absolute Gasteiger partial charge is 0.211 e. The van der Waals surface area contributed by atoms with E-state index in [1.165, 1.54) is 4.68 Å². The molecular formula is C20H20N6O. The summed E-state index contributed by atoms with van der Waals surface area (Å²) >= 11 is 0. The first-order chi connectivity index (χ1) is 13.1. The predicted octanol–water partition coefficient (Wildman–Crippen LogP) is 2.13. The fourth-order valence-corrected chi connectivity index (χ4v) is 2.86. The van der Waals surface area contributed by atoms with E-state index in [0.29, 0.717) is 40.4 Å². The number of hydrogen-bond donors (Lipinski definition) is 2. The molecule has 0 aliphatic rings. The van der Waals surface area contributed by atoms with Crippen molar-refractivity contribution in [3.63, 3.8) is 0 Å². The molecule has 7 nitrogen and oxygen atoms in total. The van der Waals surface area contributed by atoms with Crippen LogP contribution in [0.15, 0.2) is 42.6 Å². The molecular weight excluding hydrogens is 340 g/mol. The number of nitrogens with zero attached hydrogens (tertiary/aromatic N) is 4. The molecule has 0 bridgehead atoms. The number of hydrogen-bond acceptors (Lipinski definition) is 6. The highest BCUT2D eigenvalue weighted by Gasteiger charge is 2.20. The third-order valence-electron chi connectivity index (χ3n) is 4.30. The Morgan fingerprint density at radius 1 is 1.30 bits per heavy atom. The highest BCUT2D eigenvalue weighted by Crippen LogP contribution is 2.26. The molecule has 2 aromatic heterocycles. The van der Waals surface area contributed by atoms with Gasteiger partial charge >= 0.3 is 0 Å². The van der Waals surface area contributed by atoms with Crippen molar-refractivity contribution in [2.24, 2.45) is 12.8 Å². The summed E-state index contributed by atoms with van der Waals surface area (Å²) in [6, 6.07) is 12.6. The molecule has 27 heavy (non-hydrogen) atoms. The summed E-state index contributed by atoms with van der Waals surface area (Å²) in [7, 11) is 3.45. The minimum absolute atomic E-state index is 0.216. The van der Waals surface area contributed by atoms with Gasteiger partial charge in [0.15, 0.2) is 0 Å². The minimum atomic E-state index is -0.216. The zero-order valence-electron chi connectivity index (χ0n) is 15.2. The zero-order valence-corrected chi connectivity index (χ0v) is 15.2. The maximum absolute atomic E-state index is 13.2. The molecule has 3 aromatic rings. The number of aryl methyl sites for hydroxylation is 1. The second-order valence-electron chi connectivity index (χ2n) is 6.08. The normalized spacial score (nSPS) is 10.4. The molecule has 0 spiro atoms. The maximum atomic E-state index is 13.2. The summed E-state index contributed by atoms with van der Waals surface area (Å²) in [5.74, 6) is 0.384. The van der Waals surface area contributed by atoms with Crippen molar-refractivity contribution in [1.29, 1.82) is 5.26 Å². The van der Waals surface area contributed by atoms with Crippen molar-refractivity contribution in [2.45, 2.75) is 6.42 Å². The first-order valence-corrected chi connectivity index (χ1v) is 8.53. The Hall–Kier alpha value is -3.50. The van der Waals surface area contributed by atoms with Crippen molar-refractivity contribution in [3.8, 4) is 17.3 Å². The lowest BCUT2D eigenvalue weighted by Crippen LogP contribution is -2.10. The van der Waals surface area contributed by atoms with E-state index in [1.54, 1.807) is 44.6 Å². The molecule has 0 atom stereocenters. The molecule has 136 valence electrons. The Kier molecular flexibility index (Phi) is 5.29. The molecule has 0 saturated heterocycles. The molecule has 0 amide bonds. The molecule has 0 aliphatic heterocycles. The molecule has 3 rings (SSSR count). The minimum Gasteiger partial charge on any atom is -0.372 e. The summed E-state index contributed by atoms with van der Waals surface area (Å²) in [6.45, 7) is 0.552. The number of pyridine rings is 1. The van der Waals surface area contributed by atoms with Crippen molar-refractivity contribution in [3.05, 3.63) is 65.0 Å². The monoisotopic (exact) mass is 360 g/mol. The van der Waals surface area contributed by atoms with Crippen LogP contribution in [0.4, 0.5) is 5.82 Å². The fraction of sp³-hybridized carbons (Fsp3) is 0.200. The number of nitriles is 1. The third-order valence-corrected chi connectivity index (χ3v) is 4.30. The van der Waals surface area contributed by atoms with Crippen LogP contribution in [0.1, 0.15) is 27.2 Å². The maximum Gasteiger partial charge on any atom is 0.211 e. The standard InChI is InChI=1S/C20H20N6O/c1-23-19-10-18(26(2)25-19)20(27)16-9-14(11-22)3-5-15(16)17-6-4-13(7-8-21)12-24-17/h3-6,9-10,12H,7-8,21H2,1-2H3,(H,23,25). The van der Waals surface area contributed by atoms with Gasteiger partial charge in [-0.25, -0.2) is 0 Å². The lowest BCUT2D eigenvalue weighted by molar-refractivity contribution is 0.103. The van der Waals surface area contributed by atoms with Gasteiger partial charge in [0, 0.05) is 37.5 Å². The van der Waals surface area contributed by atoms with E-state index in [1.807, 2.05) is 12.1 Å². The van der Waals surface area contributed by atoms with Gasteiger partial charge in [0.05, 0.1) is 17.3 Å². The summed E-state index contributed by atoms with van der Waals surface area (Å²) in [5, 5.41) is 16.4. The molecule has 0 aliphatic carbocycles. The van der Waals surface area contributed by atoms with E-state index < -0.39 is 0 Å². The van der Waals surface area contributed by atoms with Crippen molar-refractivity contribution < 1.29 is 4.79 Å². The Bertz CT molecular complexity index is 1010. The van der Waals surface area contributed by atoms with E-state index in [-0.39, 0.29) is 5.78 Å². The topological polar surface area (TPSA) is 110 Å². The van der Waals surface area contributed by atoms with E-state index in [9.17, 15) is 10.1 Å². The number of ketones is 1. The van der Waals surface area contributed by atoms with E-state index in [4.69, 9.17) is 5.73 Å². The van der Waals surface area contributed by atoms with Crippen LogP contribution in [-0.2, 0) is 13.5 Å². The number of rotatable bonds is 6. The highest BCUT2D eigenvalue weighted by molar-refractivity contribution is 6.12. The number of nitrogens with two attached hydrogens (primary N) is 1. The third kappa shape index (κ3) is 3.71. The van der Waals surface area contributed by atoms with E-state index >= 15 is 0 Å². The second-order valence-corrected chi connectivity index (χ2v) is 6.08. The van der Waals surface area contributed by atoms with Gasteiger partial charge in [-0.3, -0.25) is 14.5 Å². The first-order valence-electron chi connectivity index (χ1n) is 8.53. The Morgan fingerprint density at radius 2 is 2.11 bits per heavy atom. The summed E-state index contributed by atoms with van der Waals surface area (Å²) in [5.41, 5.74) is 9.21. The van der Waals surface area contributed by atoms with Crippen molar-refractivity contribution in [1.82, 2.24) is 14.8 Å². The number of carbonyl (C=O) groups is 1. The highest BCUT2D eigenvalue weighted by atomic mass is 16.1. The Morgan fingerprint density at radius 3 is 2.70 bits per heavy atom. The van der Waals surface area contributed by atoms with Crippen LogP contribution in [0.5, 0.6) is 0 Å². The van der Waals surface area contributed by atoms with Gasteiger partial charge in [-0.2, -0.15) is 10.4 Å². The van der Waals surface area contributed by atoms with Gasteiger partial charge in [-0.15, -0.1) is 0 Å². The van der Waals surface area contributed by atoms with Crippen LogP contribution >= 0.6 is 0 Å². The average molecular weight is 360 g/mol. The van der Waals surface area contributed by atoms with Gasteiger partial charge in [0.25, 0.3) is 0 Å². The van der Waals surface area contributed by atoms with Crippen molar-refractivity contribution >= 4 is 11.6 Å². The lowest BCUT2D eigenvalue weighted by Gasteiger charge is -2.10. The number of benzene rings is 1. The van der Waals surface area contributed by atoms with Crippen LogP contribution in [0, 0.1) is 11.3 Å². The Balaban J connectivity index is 2.09. The number of anilines is 1. The molecule has 3 N–H and O–H groups in total. The summed E-state index contributed by atoms with van der Waals surface area (Å²) in [4.78, 5) is 17.7. The van der Waals surface area contributed by atoms with Crippen LogP contribution in [0.25, 0.3) is 11.3 Å². The molecule has 0 unspecified atom stereocenters. The predicted molar refractivity (Wildman–Crippen MR) is 103 cm³/mol. The van der Waals surface area contributed by atoms with Crippen LogP contribution in [0.2, 0.25) is 0 Å². The molecule has 0 fully saturated rings. The van der Waals surface area contributed by atoms with Crippen LogP contribution < -0.4 is 11.1 Å². The van der Waals surface area contributed by atoms with Gasteiger partial charge in [0.2, 0.25) is 5.78 Å². The summed E-state index contributed by atoms with van der Waals surface area (Å²) in [6.07, 6.45) is 2.51. The molecule has 0 saturated carbocycles. The van der Waals surface area contributed by atoms with E-state index in [0.717, 1.165) is 12.0 Å². The number of aromatic nitrogens is 3.